The van der Waals surface area contributed by atoms with Gasteiger partial charge in [0.25, 0.3) is 5.91 Å². The maximum atomic E-state index is 14.1. The molecule has 2 heterocycles. The highest BCUT2D eigenvalue weighted by Crippen LogP contribution is 2.32. The van der Waals surface area contributed by atoms with E-state index in [0.29, 0.717) is 17.0 Å². The SMILES string of the molecule is Cc1nn(CC(F)(F)F)c(C)c1[C@H]1COCCN1C(=O)c1ccccc1F. The zero-order valence-corrected chi connectivity index (χ0v) is 14.9. The van der Waals surface area contributed by atoms with Gasteiger partial charge in [-0.2, -0.15) is 18.3 Å². The minimum Gasteiger partial charge on any atom is -0.377 e. The van der Waals surface area contributed by atoms with Crippen molar-refractivity contribution < 1.29 is 27.1 Å². The van der Waals surface area contributed by atoms with Gasteiger partial charge >= 0.3 is 6.18 Å². The fourth-order valence-electron chi connectivity index (χ4n) is 3.39. The zero-order valence-electron chi connectivity index (χ0n) is 14.9. The molecular formula is C18H19F4N3O2. The molecule has 146 valence electrons. The first-order chi connectivity index (χ1) is 12.7. The fourth-order valence-corrected chi connectivity index (χ4v) is 3.39. The molecule has 27 heavy (non-hydrogen) atoms. The molecule has 0 saturated carbocycles. The van der Waals surface area contributed by atoms with E-state index in [2.05, 4.69) is 5.10 Å². The van der Waals surface area contributed by atoms with Gasteiger partial charge in [0.05, 0.1) is 30.5 Å². The van der Waals surface area contributed by atoms with E-state index in [1.54, 1.807) is 13.0 Å². The molecule has 1 saturated heterocycles. The number of amides is 1. The normalized spacial score (nSPS) is 18.0. The van der Waals surface area contributed by atoms with Gasteiger partial charge in [-0.25, -0.2) is 4.39 Å². The predicted molar refractivity (Wildman–Crippen MR) is 88.8 cm³/mol. The van der Waals surface area contributed by atoms with E-state index >= 15 is 0 Å². The Bertz CT molecular complexity index is 848. The molecule has 0 aliphatic carbocycles. The number of halogens is 4. The van der Waals surface area contributed by atoms with Gasteiger partial charge in [-0.3, -0.25) is 9.48 Å². The van der Waals surface area contributed by atoms with Crippen LogP contribution in [-0.2, 0) is 11.3 Å². The third-order valence-corrected chi connectivity index (χ3v) is 4.59. The van der Waals surface area contributed by atoms with Gasteiger partial charge in [0, 0.05) is 17.8 Å². The molecule has 1 atom stereocenters. The van der Waals surface area contributed by atoms with Crippen LogP contribution in [0.1, 0.15) is 33.4 Å². The van der Waals surface area contributed by atoms with Crippen LogP contribution < -0.4 is 0 Å². The summed E-state index contributed by atoms with van der Waals surface area (Å²) in [5, 5.41) is 3.98. The quantitative estimate of drug-likeness (QED) is 0.761. The molecule has 1 aromatic carbocycles. The number of carbonyl (C=O) groups excluding carboxylic acids is 1. The molecule has 9 heteroatoms. The molecule has 0 bridgehead atoms. The van der Waals surface area contributed by atoms with Crippen LogP contribution in [0.2, 0.25) is 0 Å². The molecule has 2 aromatic rings. The van der Waals surface area contributed by atoms with Crippen molar-refractivity contribution in [1.29, 1.82) is 0 Å². The summed E-state index contributed by atoms with van der Waals surface area (Å²) in [5.41, 5.74) is 1.12. The standard InChI is InChI=1S/C18H19F4N3O2/c1-11-16(12(2)25(23-11)10-18(20,21)22)15-9-27-8-7-24(15)17(26)13-5-3-4-6-14(13)19/h3-6,15H,7-10H2,1-2H3/t15-/m1/s1. The van der Waals surface area contributed by atoms with Crippen LogP contribution in [0.25, 0.3) is 0 Å². The van der Waals surface area contributed by atoms with Gasteiger partial charge < -0.3 is 9.64 Å². The summed E-state index contributed by atoms with van der Waals surface area (Å²) in [6.07, 6.45) is -4.41. The number of rotatable bonds is 3. The van der Waals surface area contributed by atoms with E-state index in [1.807, 2.05) is 0 Å². The van der Waals surface area contributed by atoms with Crippen molar-refractivity contribution in [3.05, 3.63) is 52.6 Å². The summed E-state index contributed by atoms with van der Waals surface area (Å²) < 4.78 is 58.7. The maximum Gasteiger partial charge on any atom is 0.408 e. The van der Waals surface area contributed by atoms with E-state index in [9.17, 15) is 22.4 Å². The van der Waals surface area contributed by atoms with Gasteiger partial charge in [-0.05, 0) is 26.0 Å². The van der Waals surface area contributed by atoms with E-state index in [0.717, 1.165) is 4.68 Å². The van der Waals surface area contributed by atoms with E-state index in [1.165, 1.54) is 30.0 Å². The van der Waals surface area contributed by atoms with Crippen molar-refractivity contribution in [2.24, 2.45) is 0 Å². The van der Waals surface area contributed by atoms with Gasteiger partial charge in [-0.1, -0.05) is 12.1 Å². The molecular weight excluding hydrogens is 366 g/mol. The number of aromatic nitrogens is 2. The Kier molecular flexibility index (Phi) is 5.23. The van der Waals surface area contributed by atoms with Crippen LogP contribution in [0.4, 0.5) is 17.6 Å². The molecule has 5 nitrogen and oxygen atoms in total. The van der Waals surface area contributed by atoms with Gasteiger partial charge in [0.2, 0.25) is 0 Å². The minimum absolute atomic E-state index is 0.0811. The Balaban J connectivity index is 1.97. The first kappa shape index (κ1) is 19.3. The number of ether oxygens (including phenoxy) is 1. The van der Waals surface area contributed by atoms with Crippen molar-refractivity contribution in [3.8, 4) is 0 Å². The third-order valence-electron chi connectivity index (χ3n) is 4.59. The largest absolute Gasteiger partial charge is 0.408 e. The molecule has 1 fully saturated rings. The van der Waals surface area contributed by atoms with Crippen molar-refractivity contribution in [2.75, 3.05) is 19.8 Å². The van der Waals surface area contributed by atoms with E-state index in [4.69, 9.17) is 4.74 Å². The minimum atomic E-state index is -4.41. The summed E-state index contributed by atoms with van der Waals surface area (Å²) >= 11 is 0. The summed E-state index contributed by atoms with van der Waals surface area (Å²) in [6, 6.07) is 4.99. The molecule has 0 unspecified atom stereocenters. The van der Waals surface area contributed by atoms with Crippen LogP contribution in [0, 0.1) is 19.7 Å². The Morgan fingerprint density at radius 2 is 2.00 bits per heavy atom. The number of hydrogen-bond acceptors (Lipinski definition) is 3. The summed E-state index contributed by atoms with van der Waals surface area (Å²) in [4.78, 5) is 14.3. The first-order valence-corrected chi connectivity index (χ1v) is 8.43. The molecule has 1 amide bonds. The number of carbonyl (C=O) groups is 1. The summed E-state index contributed by atoms with van der Waals surface area (Å²) in [6.45, 7) is 2.50. The lowest BCUT2D eigenvalue weighted by molar-refractivity contribution is -0.143. The lowest BCUT2D eigenvalue weighted by atomic mass is 10.0. The molecule has 1 aliphatic rings. The lowest BCUT2D eigenvalue weighted by Crippen LogP contribution is -2.44. The van der Waals surface area contributed by atoms with E-state index in [-0.39, 0.29) is 25.3 Å². The van der Waals surface area contributed by atoms with Gasteiger partial charge in [-0.15, -0.1) is 0 Å². The second kappa shape index (κ2) is 7.30. The molecule has 0 N–H and O–H groups in total. The second-order valence-corrected chi connectivity index (χ2v) is 6.43. The van der Waals surface area contributed by atoms with Crippen molar-refractivity contribution in [1.82, 2.24) is 14.7 Å². The summed E-state index contributed by atoms with van der Waals surface area (Å²) in [7, 11) is 0. The average molecular weight is 385 g/mol. The highest BCUT2D eigenvalue weighted by Gasteiger charge is 2.36. The maximum absolute atomic E-state index is 14.1. The Labute approximate surface area is 153 Å². The third kappa shape index (κ3) is 3.97. The summed E-state index contributed by atoms with van der Waals surface area (Å²) in [5.74, 6) is -1.17. The number of benzene rings is 1. The Morgan fingerprint density at radius 3 is 2.67 bits per heavy atom. The fraction of sp³-hybridized carbons (Fsp3) is 0.444. The van der Waals surface area contributed by atoms with Gasteiger partial charge in [0.15, 0.2) is 0 Å². The number of morpholine rings is 1. The Morgan fingerprint density at radius 1 is 1.30 bits per heavy atom. The van der Waals surface area contributed by atoms with Crippen LogP contribution >= 0.6 is 0 Å². The van der Waals surface area contributed by atoms with Crippen LogP contribution in [0.15, 0.2) is 24.3 Å². The van der Waals surface area contributed by atoms with E-state index < -0.39 is 30.5 Å². The lowest BCUT2D eigenvalue weighted by Gasteiger charge is -2.36. The molecule has 1 aromatic heterocycles. The second-order valence-electron chi connectivity index (χ2n) is 6.43. The predicted octanol–water partition coefficient (Wildman–Crippen LogP) is 3.42. The van der Waals surface area contributed by atoms with Crippen LogP contribution in [0.3, 0.4) is 0 Å². The van der Waals surface area contributed by atoms with Crippen LogP contribution in [0.5, 0.6) is 0 Å². The zero-order chi connectivity index (χ0) is 19.8. The van der Waals surface area contributed by atoms with Gasteiger partial charge in [0.1, 0.15) is 12.4 Å². The average Bonchev–Trinajstić information content (AvgIpc) is 2.86. The molecule has 0 spiro atoms. The van der Waals surface area contributed by atoms with Crippen molar-refractivity contribution in [2.45, 2.75) is 32.6 Å². The first-order valence-electron chi connectivity index (χ1n) is 8.43. The molecule has 0 radical (unpaired) electrons. The monoisotopic (exact) mass is 385 g/mol. The van der Waals surface area contributed by atoms with Crippen molar-refractivity contribution >= 4 is 5.91 Å². The molecule has 3 rings (SSSR count). The highest BCUT2D eigenvalue weighted by atomic mass is 19.4. The number of alkyl halides is 3. The smallest absolute Gasteiger partial charge is 0.377 e. The highest BCUT2D eigenvalue weighted by molar-refractivity contribution is 5.94. The number of hydrogen-bond donors (Lipinski definition) is 0. The number of aryl methyl sites for hydroxylation is 1. The topological polar surface area (TPSA) is 47.4 Å². The number of nitrogens with zero attached hydrogens (tertiary/aromatic N) is 3. The van der Waals surface area contributed by atoms with Crippen molar-refractivity contribution in [3.63, 3.8) is 0 Å². The molecule has 1 aliphatic heterocycles. The van der Waals surface area contributed by atoms with Crippen LogP contribution in [-0.4, -0.2) is 46.5 Å². The Hall–Kier alpha value is -2.42.